The number of rotatable bonds is 6. The maximum atomic E-state index is 15.2. The zero-order chi connectivity index (χ0) is 22.1. The number of halogens is 1. The SMILES string of the molecule is C=C(C)C(=O)OCCC1=CC2(C)C(F)=Cc3cc(OC(=O)C(=C)C)ccc3C2C=C1. The van der Waals surface area contributed by atoms with Gasteiger partial charge in [0.25, 0.3) is 0 Å². The summed E-state index contributed by atoms with van der Waals surface area (Å²) >= 11 is 0. The maximum Gasteiger partial charge on any atom is 0.338 e. The van der Waals surface area contributed by atoms with Gasteiger partial charge in [0.15, 0.2) is 0 Å². The molecular weight excluding hydrogens is 383 g/mol. The van der Waals surface area contributed by atoms with Crippen LogP contribution >= 0.6 is 0 Å². The fourth-order valence-corrected chi connectivity index (χ4v) is 3.64. The molecule has 0 N–H and O–H groups in total. The van der Waals surface area contributed by atoms with Gasteiger partial charge in [0.1, 0.15) is 11.6 Å². The average molecular weight is 408 g/mol. The summed E-state index contributed by atoms with van der Waals surface area (Å²) in [5.41, 5.74) is 2.35. The molecule has 0 amide bonds. The van der Waals surface area contributed by atoms with E-state index in [9.17, 15) is 9.59 Å². The van der Waals surface area contributed by atoms with Gasteiger partial charge in [-0.05, 0) is 55.7 Å². The van der Waals surface area contributed by atoms with E-state index in [2.05, 4.69) is 13.2 Å². The van der Waals surface area contributed by atoms with Crippen molar-refractivity contribution >= 4 is 18.0 Å². The standard InChI is InChI=1S/C25H25FO4/c1-15(2)23(27)29-11-10-17-6-9-21-20-8-7-19(30-24(28)16(3)4)12-18(20)13-22(26)25(21,5)14-17/h6-9,12-14,21H,1,3,10-11H2,2,4-5H3. The molecule has 1 aromatic carbocycles. The molecule has 0 heterocycles. The average Bonchev–Trinajstić information content (AvgIpc) is 2.68. The molecule has 5 heteroatoms. The van der Waals surface area contributed by atoms with Gasteiger partial charge in [-0.25, -0.2) is 14.0 Å². The Bertz CT molecular complexity index is 1030. The molecule has 30 heavy (non-hydrogen) atoms. The van der Waals surface area contributed by atoms with Crippen LogP contribution in [-0.4, -0.2) is 18.5 Å². The Kier molecular flexibility index (Phi) is 5.92. The number of ether oxygens (including phenoxy) is 2. The van der Waals surface area contributed by atoms with Crippen LogP contribution in [0.25, 0.3) is 6.08 Å². The van der Waals surface area contributed by atoms with E-state index in [-0.39, 0.29) is 18.4 Å². The predicted molar refractivity (Wildman–Crippen MR) is 114 cm³/mol. The van der Waals surface area contributed by atoms with Crippen molar-refractivity contribution in [1.29, 1.82) is 0 Å². The molecule has 0 spiro atoms. The van der Waals surface area contributed by atoms with Crippen LogP contribution in [-0.2, 0) is 14.3 Å². The monoisotopic (exact) mass is 408 g/mol. The summed E-state index contributed by atoms with van der Waals surface area (Å²) in [6.07, 6.45) is 7.79. The number of benzene rings is 1. The van der Waals surface area contributed by atoms with Crippen LogP contribution in [0.5, 0.6) is 5.75 Å². The summed E-state index contributed by atoms with van der Waals surface area (Å²) < 4.78 is 25.6. The first-order valence-electron chi connectivity index (χ1n) is 9.73. The van der Waals surface area contributed by atoms with Gasteiger partial charge in [0, 0.05) is 28.9 Å². The van der Waals surface area contributed by atoms with Crippen LogP contribution in [0, 0.1) is 5.41 Å². The second-order valence-corrected chi connectivity index (χ2v) is 7.96. The molecule has 2 atom stereocenters. The Labute approximate surface area is 176 Å². The zero-order valence-electron chi connectivity index (χ0n) is 17.5. The lowest BCUT2D eigenvalue weighted by Gasteiger charge is -2.39. The maximum absolute atomic E-state index is 15.2. The molecular formula is C25H25FO4. The molecule has 0 saturated heterocycles. The minimum atomic E-state index is -0.828. The Balaban J connectivity index is 1.81. The van der Waals surface area contributed by atoms with E-state index >= 15 is 4.39 Å². The van der Waals surface area contributed by atoms with Crippen molar-refractivity contribution in [2.75, 3.05) is 6.61 Å². The van der Waals surface area contributed by atoms with Gasteiger partial charge in [-0.3, -0.25) is 0 Å². The molecule has 0 bridgehead atoms. The summed E-state index contributed by atoms with van der Waals surface area (Å²) in [6.45, 7) is 12.4. The molecule has 2 unspecified atom stereocenters. The van der Waals surface area contributed by atoms with Gasteiger partial charge in [0.2, 0.25) is 0 Å². The van der Waals surface area contributed by atoms with E-state index < -0.39 is 17.4 Å². The number of hydrogen-bond donors (Lipinski definition) is 0. The van der Waals surface area contributed by atoms with Gasteiger partial charge in [-0.1, -0.05) is 37.5 Å². The summed E-state index contributed by atoms with van der Waals surface area (Å²) in [6, 6.07) is 5.24. The van der Waals surface area contributed by atoms with E-state index in [1.807, 2.05) is 31.2 Å². The summed E-state index contributed by atoms with van der Waals surface area (Å²) in [7, 11) is 0. The number of hydrogen-bond acceptors (Lipinski definition) is 4. The first-order chi connectivity index (χ1) is 14.1. The molecule has 156 valence electrons. The van der Waals surface area contributed by atoms with Crippen LogP contribution in [0.4, 0.5) is 4.39 Å². The zero-order valence-corrected chi connectivity index (χ0v) is 17.5. The number of carbonyl (C=O) groups excluding carboxylic acids is 2. The van der Waals surface area contributed by atoms with Crippen LogP contribution < -0.4 is 4.74 Å². The fraction of sp³-hybridized carbons (Fsp3) is 0.280. The van der Waals surface area contributed by atoms with E-state index in [4.69, 9.17) is 9.47 Å². The van der Waals surface area contributed by atoms with Crippen molar-refractivity contribution in [2.45, 2.75) is 33.1 Å². The Hall–Kier alpha value is -3.21. The largest absolute Gasteiger partial charge is 0.462 e. The third-order valence-electron chi connectivity index (χ3n) is 5.36. The van der Waals surface area contributed by atoms with Gasteiger partial charge in [-0.2, -0.15) is 0 Å². The first-order valence-corrected chi connectivity index (χ1v) is 9.73. The normalized spacial score (nSPS) is 21.5. The molecule has 2 aliphatic rings. The Morgan fingerprint density at radius 3 is 2.53 bits per heavy atom. The molecule has 1 aromatic rings. The summed E-state index contributed by atoms with van der Waals surface area (Å²) in [4.78, 5) is 23.3. The fourth-order valence-electron chi connectivity index (χ4n) is 3.64. The highest BCUT2D eigenvalue weighted by Gasteiger charge is 2.42. The van der Waals surface area contributed by atoms with E-state index in [0.717, 1.165) is 11.1 Å². The third kappa shape index (κ3) is 4.20. The van der Waals surface area contributed by atoms with Crippen molar-refractivity contribution in [3.8, 4) is 5.75 Å². The van der Waals surface area contributed by atoms with Crippen molar-refractivity contribution in [3.63, 3.8) is 0 Å². The third-order valence-corrected chi connectivity index (χ3v) is 5.36. The number of carbonyl (C=O) groups is 2. The molecule has 0 aliphatic heterocycles. The first kappa shape index (κ1) is 21.5. The molecule has 0 radical (unpaired) electrons. The summed E-state index contributed by atoms with van der Waals surface area (Å²) in [5.74, 6) is -1.06. The van der Waals surface area contributed by atoms with Gasteiger partial charge < -0.3 is 9.47 Å². The molecule has 3 rings (SSSR count). The van der Waals surface area contributed by atoms with Crippen molar-refractivity contribution in [1.82, 2.24) is 0 Å². The molecule has 2 aliphatic carbocycles. The lowest BCUT2D eigenvalue weighted by Crippen LogP contribution is -2.29. The number of allylic oxidation sites excluding steroid dienone is 4. The predicted octanol–water partition coefficient (Wildman–Crippen LogP) is 5.59. The van der Waals surface area contributed by atoms with E-state index in [1.54, 1.807) is 26.0 Å². The van der Waals surface area contributed by atoms with Gasteiger partial charge in [-0.15, -0.1) is 0 Å². The van der Waals surface area contributed by atoms with Crippen molar-refractivity contribution in [3.05, 3.63) is 83.3 Å². The molecule has 0 fully saturated rings. The minimum absolute atomic E-state index is 0.190. The lowest BCUT2D eigenvalue weighted by atomic mass is 9.65. The summed E-state index contributed by atoms with van der Waals surface area (Å²) in [5, 5.41) is 0. The highest BCUT2D eigenvalue weighted by Crippen LogP contribution is 2.53. The number of fused-ring (bicyclic) bond motifs is 3. The van der Waals surface area contributed by atoms with E-state index in [1.165, 1.54) is 6.08 Å². The Morgan fingerprint density at radius 2 is 1.87 bits per heavy atom. The quantitative estimate of drug-likeness (QED) is 0.350. The van der Waals surface area contributed by atoms with E-state index in [0.29, 0.717) is 28.9 Å². The minimum Gasteiger partial charge on any atom is -0.462 e. The van der Waals surface area contributed by atoms with Crippen LogP contribution in [0.15, 0.2) is 72.1 Å². The van der Waals surface area contributed by atoms with Gasteiger partial charge >= 0.3 is 11.9 Å². The second-order valence-electron chi connectivity index (χ2n) is 7.96. The molecule has 0 aromatic heterocycles. The van der Waals surface area contributed by atoms with Crippen LogP contribution in [0.2, 0.25) is 0 Å². The van der Waals surface area contributed by atoms with Crippen molar-refractivity contribution < 1.29 is 23.5 Å². The Morgan fingerprint density at radius 1 is 1.17 bits per heavy atom. The smallest absolute Gasteiger partial charge is 0.338 e. The highest BCUT2D eigenvalue weighted by atomic mass is 19.1. The molecule has 0 saturated carbocycles. The lowest BCUT2D eigenvalue weighted by molar-refractivity contribution is -0.138. The topological polar surface area (TPSA) is 52.6 Å². The van der Waals surface area contributed by atoms with Crippen LogP contribution in [0.3, 0.4) is 0 Å². The van der Waals surface area contributed by atoms with Gasteiger partial charge in [0.05, 0.1) is 6.61 Å². The highest BCUT2D eigenvalue weighted by molar-refractivity contribution is 5.89. The van der Waals surface area contributed by atoms with Crippen LogP contribution in [0.1, 0.15) is 44.2 Å². The number of esters is 2. The van der Waals surface area contributed by atoms with Crippen molar-refractivity contribution in [2.24, 2.45) is 5.41 Å². The second kappa shape index (κ2) is 8.27. The molecule has 4 nitrogen and oxygen atoms in total.